The number of nitrogens with zero attached hydrogens (tertiary/aromatic N) is 1. The molecular weight excluding hydrogens is 226 g/mol. The quantitative estimate of drug-likeness (QED) is 0.897. The number of amides is 1. The summed E-state index contributed by atoms with van der Waals surface area (Å²) in [6.07, 6.45) is 0.175. The molecule has 0 radical (unpaired) electrons. The first kappa shape index (κ1) is 11.2. The zero-order valence-electron chi connectivity index (χ0n) is 10.3. The number of benzene rings is 2. The average Bonchev–Trinajstić information content (AvgIpc) is 2.67. The maximum absolute atomic E-state index is 12.3. The summed E-state index contributed by atoms with van der Waals surface area (Å²) in [6.45, 7) is 2.28. The number of carbonyl (C=O) groups is 1. The highest BCUT2D eigenvalue weighted by atomic mass is 16.3. The Hall–Kier alpha value is -1.87. The van der Waals surface area contributed by atoms with Crippen molar-refractivity contribution in [3.8, 4) is 0 Å². The number of β-amino-alcohol motifs (C(OH)–C–C–N with tert-alkyl or cyclic N) is 1. The van der Waals surface area contributed by atoms with Crippen molar-refractivity contribution >= 4 is 22.4 Å². The summed E-state index contributed by atoms with van der Waals surface area (Å²) in [4.78, 5) is 14.0. The van der Waals surface area contributed by atoms with Crippen molar-refractivity contribution in [2.45, 2.75) is 19.4 Å². The Kier molecular flexibility index (Phi) is 2.56. The highest BCUT2D eigenvalue weighted by Gasteiger charge is 2.30. The maximum atomic E-state index is 12.3. The molecule has 1 amide bonds. The second kappa shape index (κ2) is 4.10. The molecule has 0 saturated carbocycles. The number of carbonyl (C=O) groups excluding carboxylic acids is 1. The van der Waals surface area contributed by atoms with Gasteiger partial charge in [-0.3, -0.25) is 4.79 Å². The normalized spacial score (nSPS) is 15.4. The van der Waals surface area contributed by atoms with Crippen LogP contribution in [-0.4, -0.2) is 23.7 Å². The lowest BCUT2D eigenvalue weighted by atomic mass is 10.1. The Morgan fingerprint density at radius 2 is 1.94 bits per heavy atom. The topological polar surface area (TPSA) is 40.5 Å². The van der Waals surface area contributed by atoms with E-state index in [1.54, 1.807) is 4.90 Å². The van der Waals surface area contributed by atoms with Crippen LogP contribution >= 0.6 is 0 Å². The van der Waals surface area contributed by atoms with Gasteiger partial charge in [0.25, 0.3) is 5.91 Å². The molecule has 0 fully saturated rings. The Morgan fingerprint density at radius 1 is 1.22 bits per heavy atom. The molecule has 0 aliphatic carbocycles. The lowest BCUT2D eigenvalue weighted by Crippen LogP contribution is -2.34. The Balaban J connectivity index is 2.13. The zero-order valence-corrected chi connectivity index (χ0v) is 10.3. The third-order valence-corrected chi connectivity index (χ3v) is 3.51. The van der Waals surface area contributed by atoms with Gasteiger partial charge in [0.2, 0.25) is 0 Å². The standard InChI is InChI=1S/C15H15NO2/c1-2-11(17)9-16-13-8-4-6-10-5-3-7-12(14(10)13)15(16)18/h3-8,11,17H,2,9H2,1H3. The van der Waals surface area contributed by atoms with Crippen LogP contribution < -0.4 is 4.90 Å². The third-order valence-electron chi connectivity index (χ3n) is 3.51. The van der Waals surface area contributed by atoms with E-state index in [0.29, 0.717) is 13.0 Å². The molecule has 1 aliphatic rings. The van der Waals surface area contributed by atoms with E-state index in [2.05, 4.69) is 0 Å². The maximum Gasteiger partial charge on any atom is 0.259 e. The summed E-state index contributed by atoms with van der Waals surface area (Å²) >= 11 is 0. The Morgan fingerprint density at radius 3 is 2.67 bits per heavy atom. The number of aliphatic hydroxyl groups is 1. The van der Waals surface area contributed by atoms with Crippen molar-refractivity contribution in [1.82, 2.24) is 0 Å². The molecule has 3 nitrogen and oxygen atoms in total. The molecule has 3 rings (SSSR count). The summed E-state index contributed by atoms with van der Waals surface area (Å²) < 4.78 is 0. The molecule has 3 heteroatoms. The second-order valence-corrected chi connectivity index (χ2v) is 4.66. The van der Waals surface area contributed by atoms with Crippen molar-refractivity contribution in [2.24, 2.45) is 0 Å². The fourth-order valence-corrected chi connectivity index (χ4v) is 2.50. The summed E-state index contributed by atoms with van der Waals surface area (Å²) in [5.74, 6) is -0.00528. The number of anilines is 1. The lowest BCUT2D eigenvalue weighted by Gasteiger charge is -2.20. The second-order valence-electron chi connectivity index (χ2n) is 4.66. The first-order chi connectivity index (χ1) is 8.72. The van der Waals surface area contributed by atoms with E-state index in [1.807, 2.05) is 43.3 Å². The average molecular weight is 241 g/mol. The van der Waals surface area contributed by atoms with Gasteiger partial charge in [-0.25, -0.2) is 0 Å². The van der Waals surface area contributed by atoms with E-state index in [-0.39, 0.29) is 5.91 Å². The molecule has 1 aliphatic heterocycles. The molecule has 0 bridgehead atoms. The van der Waals surface area contributed by atoms with Gasteiger partial charge in [0, 0.05) is 10.9 Å². The first-order valence-electron chi connectivity index (χ1n) is 6.24. The molecule has 2 aromatic rings. The van der Waals surface area contributed by atoms with E-state index >= 15 is 0 Å². The molecule has 1 N–H and O–H groups in total. The molecule has 92 valence electrons. The minimum absolute atomic E-state index is 0.00528. The Bertz CT molecular complexity index is 616. The number of rotatable bonds is 3. The fraction of sp³-hybridized carbons (Fsp3) is 0.267. The van der Waals surface area contributed by atoms with Crippen molar-refractivity contribution < 1.29 is 9.90 Å². The highest BCUT2D eigenvalue weighted by Crippen LogP contribution is 2.37. The van der Waals surface area contributed by atoms with Crippen LogP contribution in [0.15, 0.2) is 36.4 Å². The first-order valence-corrected chi connectivity index (χ1v) is 6.24. The molecule has 0 saturated heterocycles. The van der Waals surface area contributed by atoms with E-state index in [4.69, 9.17) is 0 Å². The van der Waals surface area contributed by atoms with Gasteiger partial charge in [-0.15, -0.1) is 0 Å². The molecular formula is C15H15NO2. The Labute approximate surface area is 106 Å². The smallest absolute Gasteiger partial charge is 0.259 e. The SMILES string of the molecule is CCC(O)CN1C(=O)c2cccc3cccc1c23. The van der Waals surface area contributed by atoms with Crippen LogP contribution in [0.25, 0.3) is 10.8 Å². The molecule has 1 heterocycles. The lowest BCUT2D eigenvalue weighted by molar-refractivity contribution is 0.0967. The van der Waals surface area contributed by atoms with Gasteiger partial charge in [-0.1, -0.05) is 31.2 Å². The van der Waals surface area contributed by atoms with Gasteiger partial charge >= 0.3 is 0 Å². The summed E-state index contributed by atoms with van der Waals surface area (Å²) in [5, 5.41) is 11.9. The molecule has 1 unspecified atom stereocenters. The van der Waals surface area contributed by atoms with Crippen LogP contribution in [-0.2, 0) is 0 Å². The minimum atomic E-state index is -0.474. The van der Waals surface area contributed by atoms with E-state index in [1.165, 1.54) is 0 Å². The van der Waals surface area contributed by atoms with Crippen LogP contribution in [0.1, 0.15) is 23.7 Å². The largest absolute Gasteiger partial charge is 0.391 e. The number of aliphatic hydroxyl groups excluding tert-OH is 1. The number of hydrogen-bond acceptors (Lipinski definition) is 2. The summed E-state index contributed by atoms with van der Waals surface area (Å²) in [5.41, 5.74) is 1.66. The van der Waals surface area contributed by atoms with Gasteiger partial charge in [-0.05, 0) is 23.9 Å². The van der Waals surface area contributed by atoms with Crippen molar-refractivity contribution in [3.05, 3.63) is 42.0 Å². The van der Waals surface area contributed by atoms with Crippen molar-refractivity contribution in [3.63, 3.8) is 0 Å². The van der Waals surface area contributed by atoms with Gasteiger partial charge in [0.15, 0.2) is 0 Å². The highest BCUT2D eigenvalue weighted by molar-refractivity contribution is 6.25. The van der Waals surface area contributed by atoms with E-state index in [0.717, 1.165) is 22.0 Å². The minimum Gasteiger partial charge on any atom is -0.391 e. The molecule has 18 heavy (non-hydrogen) atoms. The van der Waals surface area contributed by atoms with Gasteiger partial charge < -0.3 is 10.0 Å². The predicted molar refractivity (Wildman–Crippen MR) is 71.9 cm³/mol. The molecule has 0 spiro atoms. The van der Waals surface area contributed by atoms with E-state index < -0.39 is 6.10 Å². The van der Waals surface area contributed by atoms with Crippen LogP contribution in [0.4, 0.5) is 5.69 Å². The zero-order chi connectivity index (χ0) is 12.7. The van der Waals surface area contributed by atoms with Crippen LogP contribution in [0.3, 0.4) is 0 Å². The molecule has 0 aromatic heterocycles. The molecule has 1 atom stereocenters. The van der Waals surface area contributed by atoms with Gasteiger partial charge in [0.05, 0.1) is 18.3 Å². The predicted octanol–water partition coefficient (Wildman–Crippen LogP) is 2.57. The van der Waals surface area contributed by atoms with Crippen LogP contribution in [0, 0.1) is 0 Å². The van der Waals surface area contributed by atoms with Crippen molar-refractivity contribution in [2.75, 3.05) is 11.4 Å². The van der Waals surface area contributed by atoms with E-state index in [9.17, 15) is 9.90 Å². The monoisotopic (exact) mass is 241 g/mol. The van der Waals surface area contributed by atoms with Crippen LogP contribution in [0.2, 0.25) is 0 Å². The molecule has 2 aromatic carbocycles. The summed E-state index contributed by atoms with van der Waals surface area (Å²) in [6, 6.07) is 11.7. The fourth-order valence-electron chi connectivity index (χ4n) is 2.50. The third kappa shape index (κ3) is 1.51. The van der Waals surface area contributed by atoms with Crippen LogP contribution in [0.5, 0.6) is 0 Å². The van der Waals surface area contributed by atoms with Crippen molar-refractivity contribution in [1.29, 1.82) is 0 Å². The number of hydrogen-bond donors (Lipinski definition) is 1. The van der Waals surface area contributed by atoms with Gasteiger partial charge in [-0.2, -0.15) is 0 Å². The summed E-state index contributed by atoms with van der Waals surface area (Å²) in [7, 11) is 0. The van der Waals surface area contributed by atoms with Gasteiger partial charge in [0.1, 0.15) is 0 Å².